The molecule has 0 saturated carbocycles. The zero-order valence-electron chi connectivity index (χ0n) is 14.7. The Morgan fingerprint density at radius 3 is 2.19 bits per heavy atom. The summed E-state index contributed by atoms with van der Waals surface area (Å²) >= 11 is 0. The van der Waals surface area contributed by atoms with E-state index >= 15 is 0 Å². The normalized spacial score (nSPS) is 14.8. The SMILES string of the molecule is CCCOc1ccc(C(CC(C)C(C)(C)C)NCC)cc1. The van der Waals surface area contributed by atoms with Gasteiger partial charge in [0, 0.05) is 6.04 Å². The van der Waals surface area contributed by atoms with Gasteiger partial charge in [-0.3, -0.25) is 0 Å². The summed E-state index contributed by atoms with van der Waals surface area (Å²) < 4.78 is 5.66. The van der Waals surface area contributed by atoms with Crippen LogP contribution in [0.15, 0.2) is 24.3 Å². The van der Waals surface area contributed by atoms with Gasteiger partial charge in [0.1, 0.15) is 5.75 Å². The largest absolute Gasteiger partial charge is 0.494 e. The molecule has 120 valence electrons. The van der Waals surface area contributed by atoms with Gasteiger partial charge in [-0.1, -0.05) is 53.7 Å². The summed E-state index contributed by atoms with van der Waals surface area (Å²) in [5.41, 5.74) is 1.70. The van der Waals surface area contributed by atoms with Gasteiger partial charge >= 0.3 is 0 Å². The molecule has 1 N–H and O–H groups in total. The van der Waals surface area contributed by atoms with E-state index in [1.807, 2.05) is 0 Å². The second-order valence-electron chi connectivity index (χ2n) is 7.03. The summed E-state index contributed by atoms with van der Waals surface area (Å²) in [6.45, 7) is 15.4. The van der Waals surface area contributed by atoms with Crippen molar-refractivity contribution in [2.45, 2.75) is 60.4 Å². The molecule has 0 amide bonds. The number of nitrogens with one attached hydrogen (secondary N) is 1. The van der Waals surface area contributed by atoms with Crippen LogP contribution in [-0.2, 0) is 0 Å². The number of hydrogen-bond donors (Lipinski definition) is 1. The molecule has 0 saturated heterocycles. The Kier molecular flexibility index (Phi) is 7.24. The Bertz CT molecular complexity index is 391. The first-order chi connectivity index (χ1) is 9.88. The van der Waals surface area contributed by atoms with E-state index in [0.29, 0.717) is 17.4 Å². The summed E-state index contributed by atoms with van der Waals surface area (Å²) in [4.78, 5) is 0. The van der Waals surface area contributed by atoms with Crippen molar-refractivity contribution in [1.29, 1.82) is 0 Å². The maximum Gasteiger partial charge on any atom is 0.119 e. The lowest BCUT2D eigenvalue weighted by Crippen LogP contribution is -2.27. The molecule has 1 rings (SSSR count). The van der Waals surface area contributed by atoms with Crippen LogP contribution in [0.25, 0.3) is 0 Å². The fraction of sp³-hybridized carbons (Fsp3) is 0.684. The summed E-state index contributed by atoms with van der Waals surface area (Å²) in [6.07, 6.45) is 2.21. The smallest absolute Gasteiger partial charge is 0.119 e. The van der Waals surface area contributed by atoms with E-state index in [1.165, 1.54) is 5.56 Å². The molecule has 1 aromatic rings. The summed E-state index contributed by atoms with van der Waals surface area (Å²) in [7, 11) is 0. The monoisotopic (exact) mass is 291 g/mol. The molecule has 0 aliphatic heterocycles. The molecular formula is C19H33NO. The lowest BCUT2D eigenvalue weighted by atomic mass is 9.77. The average Bonchev–Trinajstić information content (AvgIpc) is 2.44. The van der Waals surface area contributed by atoms with E-state index in [9.17, 15) is 0 Å². The third kappa shape index (κ3) is 6.09. The van der Waals surface area contributed by atoms with Crippen LogP contribution >= 0.6 is 0 Å². The topological polar surface area (TPSA) is 21.3 Å². The Morgan fingerprint density at radius 2 is 1.71 bits per heavy atom. The first kappa shape index (κ1) is 18.0. The molecule has 0 aliphatic carbocycles. The Labute approximate surface area is 131 Å². The summed E-state index contributed by atoms with van der Waals surface area (Å²) in [5.74, 6) is 1.64. The first-order valence-electron chi connectivity index (χ1n) is 8.34. The lowest BCUT2D eigenvalue weighted by Gasteiger charge is -2.31. The van der Waals surface area contributed by atoms with Crippen LogP contribution in [0.3, 0.4) is 0 Å². The molecule has 0 heterocycles. The van der Waals surface area contributed by atoms with Gasteiger partial charge < -0.3 is 10.1 Å². The van der Waals surface area contributed by atoms with Crippen LogP contribution in [0, 0.1) is 11.3 Å². The van der Waals surface area contributed by atoms with Gasteiger partial charge in [-0.05, 0) is 48.4 Å². The third-order valence-corrected chi connectivity index (χ3v) is 4.27. The van der Waals surface area contributed by atoms with Crippen LogP contribution in [0.5, 0.6) is 5.75 Å². The van der Waals surface area contributed by atoms with Crippen molar-refractivity contribution in [2.24, 2.45) is 11.3 Å². The quantitative estimate of drug-likeness (QED) is 0.711. The molecule has 0 aliphatic rings. The van der Waals surface area contributed by atoms with Crippen LogP contribution in [0.4, 0.5) is 0 Å². The standard InChI is InChI=1S/C19H33NO/c1-7-13-21-17-11-9-16(10-12-17)18(20-8-2)14-15(3)19(4,5)6/h9-12,15,18,20H,7-8,13-14H2,1-6H3. The van der Waals surface area contributed by atoms with Gasteiger partial charge in [0.05, 0.1) is 6.61 Å². The fourth-order valence-electron chi connectivity index (χ4n) is 2.31. The molecule has 0 fully saturated rings. The van der Waals surface area contributed by atoms with Gasteiger partial charge in [-0.25, -0.2) is 0 Å². The minimum Gasteiger partial charge on any atom is -0.494 e. The van der Waals surface area contributed by atoms with E-state index in [-0.39, 0.29) is 0 Å². The fourth-order valence-corrected chi connectivity index (χ4v) is 2.31. The molecule has 1 aromatic carbocycles. The summed E-state index contributed by atoms with van der Waals surface area (Å²) in [5, 5.41) is 3.62. The first-order valence-corrected chi connectivity index (χ1v) is 8.34. The lowest BCUT2D eigenvalue weighted by molar-refractivity contribution is 0.224. The van der Waals surface area contributed by atoms with Crippen molar-refractivity contribution in [2.75, 3.05) is 13.2 Å². The van der Waals surface area contributed by atoms with Gasteiger partial charge in [0.25, 0.3) is 0 Å². The minimum absolute atomic E-state index is 0.345. The highest BCUT2D eigenvalue weighted by atomic mass is 16.5. The molecule has 2 unspecified atom stereocenters. The Hall–Kier alpha value is -1.02. The van der Waals surface area contributed by atoms with Crippen LogP contribution in [0.1, 0.15) is 66.0 Å². The zero-order chi connectivity index (χ0) is 15.9. The van der Waals surface area contributed by atoms with E-state index in [0.717, 1.165) is 31.7 Å². The van der Waals surface area contributed by atoms with E-state index in [2.05, 4.69) is 71.1 Å². The second kappa shape index (κ2) is 8.43. The predicted octanol–water partition coefficient (Wildman–Crippen LogP) is 5.20. The van der Waals surface area contributed by atoms with E-state index < -0.39 is 0 Å². The number of ether oxygens (including phenoxy) is 1. The van der Waals surface area contributed by atoms with Crippen molar-refractivity contribution >= 4 is 0 Å². The van der Waals surface area contributed by atoms with E-state index in [1.54, 1.807) is 0 Å². The van der Waals surface area contributed by atoms with Crippen LogP contribution in [-0.4, -0.2) is 13.2 Å². The van der Waals surface area contributed by atoms with Crippen molar-refractivity contribution in [3.63, 3.8) is 0 Å². The number of hydrogen-bond acceptors (Lipinski definition) is 2. The molecule has 2 atom stereocenters. The maximum atomic E-state index is 5.66. The average molecular weight is 291 g/mol. The Balaban J connectivity index is 2.75. The van der Waals surface area contributed by atoms with Crippen molar-refractivity contribution in [1.82, 2.24) is 5.32 Å². The predicted molar refractivity (Wildman–Crippen MR) is 91.9 cm³/mol. The van der Waals surface area contributed by atoms with Crippen molar-refractivity contribution in [3.8, 4) is 5.75 Å². The van der Waals surface area contributed by atoms with Crippen LogP contribution in [0.2, 0.25) is 0 Å². The van der Waals surface area contributed by atoms with Gasteiger partial charge in [0.15, 0.2) is 0 Å². The minimum atomic E-state index is 0.345. The molecule has 2 heteroatoms. The third-order valence-electron chi connectivity index (χ3n) is 4.27. The number of benzene rings is 1. The molecule has 0 aromatic heterocycles. The van der Waals surface area contributed by atoms with Gasteiger partial charge in [-0.2, -0.15) is 0 Å². The maximum absolute atomic E-state index is 5.66. The highest BCUT2D eigenvalue weighted by molar-refractivity contribution is 5.29. The Morgan fingerprint density at radius 1 is 1.10 bits per heavy atom. The number of rotatable bonds is 8. The highest BCUT2D eigenvalue weighted by Crippen LogP contribution is 2.33. The summed E-state index contributed by atoms with van der Waals surface area (Å²) in [6, 6.07) is 9.01. The van der Waals surface area contributed by atoms with E-state index in [4.69, 9.17) is 4.74 Å². The highest BCUT2D eigenvalue weighted by Gasteiger charge is 2.24. The zero-order valence-corrected chi connectivity index (χ0v) is 14.7. The second-order valence-corrected chi connectivity index (χ2v) is 7.03. The van der Waals surface area contributed by atoms with Gasteiger partial charge in [0.2, 0.25) is 0 Å². The van der Waals surface area contributed by atoms with Crippen LogP contribution < -0.4 is 10.1 Å². The molecule has 21 heavy (non-hydrogen) atoms. The molecular weight excluding hydrogens is 258 g/mol. The molecule has 0 bridgehead atoms. The molecule has 2 nitrogen and oxygen atoms in total. The van der Waals surface area contributed by atoms with Crippen molar-refractivity contribution < 1.29 is 4.74 Å². The molecule has 0 radical (unpaired) electrons. The molecule has 0 spiro atoms. The van der Waals surface area contributed by atoms with Crippen molar-refractivity contribution in [3.05, 3.63) is 29.8 Å². The van der Waals surface area contributed by atoms with Gasteiger partial charge in [-0.15, -0.1) is 0 Å².